The number of amides is 1. The number of rotatable bonds is 5. The van der Waals surface area contributed by atoms with Crippen LogP contribution in [0.25, 0.3) is 0 Å². The molecule has 0 aliphatic rings. The van der Waals surface area contributed by atoms with Crippen LogP contribution in [0.4, 0.5) is 24.5 Å². The van der Waals surface area contributed by atoms with Crippen molar-refractivity contribution >= 4 is 29.7 Å². The topological polar surface area (TPSA) is 63.2 Å². The fraction of sp³-hybridized carbons (Fsp3) is 0.143. The predicted molar refractivity (Wildman–Crippen MR) is 112 cm³/mol. The van der Waals surface area contributed by atoms with Gasteiger partial charge in [-0.05, 0) is 61.0 Å². The molecule has 1 amide bonds. The van der Waals surface area contributed by atoms with Crippen LogP contribution in [-0.4, -0.2) is 17.9 Å². The zero-order valence-corrected chi connectivity index (χ0v) is 16.9. The lowest BCUT2D eigenvalue weighted by molar-refractivity contribution is -0.137. The van der Waals surface area contributed by atoms with Crippen molar-refractivity contribution in [2.75, 3.05) is 17.7 Å². The van der Waals surface area contributed by atoms with Gasteiger partial charge in [0.1, 0.15) is 5.75 Å². The van der Waals surface area contributed by atoms with Crippen molar-refractivity contribution in [1.29, 1.82) is 0 Å². The number of pyridine rings is 1. The summed E-state index contributed by atoms with van der Waals surface area (Å²) in [5, 5.41) is 5.63. The van der Waals surface area contributed by atoms with Crippen molar-refractivity contribution in [2.24, 2.45) is 0 Å². The molecule has 0 aliphatic heterocycles. The lowest BCUT2D eigenvalue weighted by Crippen LogP contribution is -2.13. The van der Waals surface area contributed by atoms with Gasteiger partial charge in [0.15, 0.2) is 0 Å². The number of nitrogens with zero attached hydrogens (tertiary/aromatic N) is 1. The molecule has 0 radical (unpaired) electrons. The summed E-state index contributed by atoms with van der Waals surface area (Å²) in [6.07, 6.45) is -3.03. The molecule has 0 atom stereocenters. The number of halogens is 4. The van der Waals surface area contributed by atoms with E-state index in [1.807, 2.05) is 32.2 Å². The molecule has 1 heterocycles. The maximum Gasteiger partial charge on any atom is 0.416 e. The molecule has 1 aromatic heterocycles. The third-order valence-electron chi connectivity index (χ3n) is 4.15. The number of aromatic nitrogens is 1. The van der Waals surface area contributed by atoms with Gasteiger partial charge in [0.2, 0.25) is 5.88 Å². The Kier molecular flexibility index (Phi) is 7.28. The Bertz CT molecular complexity index is 1010. The number of aryl methyl sites for hydroxylation is 1. The number of hydrogen-bond acceptors (Lipinski definition) is 4. The van der Waals surface area contributed by atoms with Gasteiger partial charge in [-0.1, -0.05) is 0 Å². The number of carbonyl (C=O) groups is 1. The van der Waals surface area contributed by atoms with Gasteiger partial charge in [0.25, 0.3) is 5.91 Å². The Morgan fingerprint density at radius 2 is 1.67 bits per heavy atom. The van der Waals surface area contributed by atoms with Gasteiger partial charge in [-0.15, -0.1) is 12.4 Å². The van der Waals surface area contributed by atoms with E-state index in [9.17, 15) is 18.0 Å². The van der Waals surface area contributed by atoms with Crippen LogP contribution in [0.1, 0.15) is 21.5 Å². The lowest BCUT2D eigenvalue weighted by atomic mass is 10.1. The van der Waals surface area contributed by atoms with E-state index in [2.05, 4.69) is 15.6 Å². The van der Waals surface area contributed by atoms with E-state index in [0.717, 1.165) is 35.5 Å². The lowest BCUT2D eigenvalue weighted by Gasteiger charge is -2.11. The second-order valence-electron chi connectivity index (χ2n) is 6.25. The molecule has 2 N–H and O–H groups in total. The minimum Gasteiger partial charge on any atom is -0.439 e. The first-order chi connectivity index (χ1) is 13.8. The quantitative estimate of drug-likeness (QED) is 0.520. The highest BCUT2D eigenvalue weighted by atomic mass is 35.5. The minimum absolute atomic E-state index is 0. The molecular formula is C21H19ClF3N3O2. The van der Waals surface area contributed by atoms with Crippen molar-refractivity contribution in [3.8, 4) is 11.6 Å². The maximum atomic E-state index is 12.6. The van der Waals surface area contributed by atoms with Crippen LogP contribution in [0.3, 0.4) is 0 Å². The zero-order chi connectivity index (χ0) is 21.0. The summed E-state index contributed by atoms with van der Waals surface area (Å²) in [5.74, 6) is 0.462. The summed E-state index contributed by atoms with van der Waals surface area (Å²) in [5.41, 5.74) is 1.58. The number of benzene rings is 2. The Balaban J connectivity index is 0.00000320. The van der Waals surface area contributed by atoms with Gasteiger partial charge < -0.3 is 15.4 Å². The van der Waals surface area contributed by atoms with Crippen LogP contribution in [-0.2, 0) is 6.18 Å². The van der Waals surface area contributed by atoms with Gasteiger partial charge in [0, 0.05) is 24.4 Å². The fourth-order valence-corrected chi connectivity index (χ4v) is 2.56. The first-order valence-corrected chi connectivity index (χ1v) is 8.67. The maximum absolute atomic E-state index is 12.6. The molecule has 0 aliphatic carbocycles. The molecule has 0 spiro atoms. The van der Waals surface area contributed by atoms with E-state index in [1.54, 1.807) is 12.1 Å². The summed E-state index contributed by atoms with van der Waals surface area (Å²) in [6, 6.07) is 12.8. The number of anilines is 2. The SMILES string of the molecule is CNc1ccc(Oc2ccc(NC(=O)c3ccc(C(F)(F)F)cc3)cn2)c(C)c1.Cl. The summed E-state index contributed by atoms with van der Waals surface area (Å²) < 4.78 is 43.5. The van der Waals surface area contributed by atoms with Crippen LogP contribution in [0, 0.1) is 6.92 Å². The molecule has 0 fully saturated rings. The largest absolute Gasteiger partial charge is 0.439 e. The average Bonchev–Trinajstić information content (AvgIpc) is 2.70. The summed E-state index contributed by atoms with van der Waals surface area (Å²) in [7, 11) is 1.83. The summed E-state index contributed by atoms with van der Waals surface area (Å²) >= 11 is 0. The van der Waals surface area contributed by atoms with E-state index in [4.69, 9.17) is 4.74 Å². The number of ether oxygens (including phenoxy) is 1. The van der Waals surface area contributed by atoms with Gasteiger partial charge >= 0.3 is 6.18 Å². The van der Waals surface area contributed by atoms with Crippen molar-refractivity contribution < 1.29 is 22.7 Å². The molecule has 2 aromatic carbocycles. The van der Waals surface area contributed by atoms with Crippen LogP contribution in [0.2, 0.25) is 0 Å². The first kappa shape index (κ1) is 23.0. The van der Waals surface area contributed by atoms with E-state index >= 15 is 0 Å². The highest BCUT2D eigenvalue weighted by molar-refractivity contribution is 6.04. The number of hydrogen-bond donors (Lipinski definition) is 2. The van der Waals surface area contributed by atoms with E-state index in [-0.39, 0.29) is 18.0 Å². The fourth-order valence-electron chi connectivity index (χ4n) is 2.56. The van der Waals surface area contributed by atoms with Gasteiger partial charge in [0.05, 0.1) is 17.4 Å². The Hall–Kier alpha value is -3.26. The molecule has 5 nitrogen and oxygen atoms in total. The molecule has 0 bridgehead atoms. The Morgan fingerprint density at radius 1 is 1.00 bits per heavy atom. The highest BCUT2D eigenvalue weighted by Gasteiger charge is 2.30. The molecule has 0 saturated carbocycles. The Labute approximate surface area is 177 Å². The van der Waals surface area contributed by atoms with Crippen LogP contribution >= 0.6 is 12.4 Å². The Morgan fingerprint density at radius 3 is 2.20 bits per heavy atom. The molecule has 0 unspecified atom stereocenters. The summed E-state index contributed by atoms with van der Waals surface area (Å²) in [4.78, 5) is 16.3. The second kappa shape index (κ2) is 9.49. The predicted octanol–water partition coefficient (Wildman–Crippen LogP) is 5.92. The number of alkyl halides is 3. The van der Waals surface area contributed by atoms with E-state index < -0.39 is 17.6 Å². The average molecular weight is 438 g/mol. The molecule has 3 rings (SSSR count). The van der Waals surface area contributed by atoms with E-state index in [0.29, 0.717) is 17.3 Å². The molecule has 30 heavy (non-hydrogen) atoms. The van der Waals surface area contributed by atoms with Crippen LogP contribution < -0.4 is 15.4 Å². The van der Waals surface area contributed by atoms with Crippen molar-refractivity contribution in [3.63, 3.8) is 0 Å². The molecule has 3 aromatic rings. The van der Waals surface area contributed by atoms with Gasteiger partial charge in [-0.3, -0.25) is 4.79 Å². The number of carbonyl (C=O) groups excluding carboxylic acids is 1. The van der Waals surface area contributed by atoms with Crippen molar-refractivity contribution in [2.45, 2.75) is 13.1 Å². The second-order valence-corrected chi connectivity index (χ2v) is 6.25. The third kappa shape index (κ3) is 5.64. The first-order valence-electron chi connectivity index (χ1n) is 8.67. The number of nitrogens with one attached hydrogen (secondary N) is 2. The zero-order valence-electron chi connectivity index (χ0n) is 16.1. The monoisotopic (exact) mass is 437 g/mol. The smallest absolute Gasteiger partial charge is 0.416 e. The van der Waals surface area contributed by atoms with Crippen LogP contribution in [0.15, 0.2) is 60.8 Å². The van der Waals surface area contributed by atoms with E-state index in [1.165, 1.54) is 6.20 Å². The highest BCUT2D eigenvalue weighted by Crippen LogP contribution is 2.29. The van der Waals surface area contributed by atoms with Gasteiger partial charge in [-0.25, -0.2) is 4.98 Å². The van der Waals surface area contributed by atoms with Gasteiger partial charge in [-0.2, -0.15) is 13.2 Å². The normalized spacial score (nSPS) is 10.7. The molecule has 9 heteroatoms. The molecular weight excluding hydrogens is 419 g/mol. The van der Waals surface area contributed by atoms with Crippen LogP contribution in [0.5, 0.6) is 11.6 Å². The molecule has 0 saturated heterocycles. The van der Waals surface area contributed by atoms with Crippen molar-refractivity contribution in [1.82, 2.24) is 4.98 Å². The summed E-state index contributed by atoms with van der Waals surface area (Å²) in [6.45, 7) is 1.91. The standard InChI is InChI=1S/C21H18F3N3O2.ClH/c1-13-11-16(25-2)7-9-18(13)29-19-10-8-17(12-26-19)27-20(28)14-3-5-15(6-4-14)21(22,23)24;/h3-12,25H,1-2H3,(H,27,28);1H. The minimum atomic E-state index is -4.44. The third-order valence-corrected chi connectivity index (χ3v) is 4.15. The van der Waals surface area contributed by atoms with Crippen molar-refractivity contribution in [3.05, 3.63) is 77.5 Å². The molecule has 158 valence electrons.